The van der Waals surface area contributed by atoms with E-state index >= 15 is 0 Å². The molecule has 0 spiro atoms. The Morgan fingerprint density at radius 3 is 2.12 bits per heavy atom. The average molecular weight is 598 g/mol. The Morgan fingerprint density at radius 2 is 1.57 bits per heavy atom. The van der Waals surface area contributed by atoms with E-state index in [9.17, 15) is 19.8 Å². The monoisotopic (exact) mass is 597 g/mol. The average Bonchev–Trinajstić information content (AvgIpc) is 2.88. The molecule has 10 heteroatoms. The number of carbonyl (C=O) groups is 2. The van der Waals surface area contributed by atoms with Crippen LogP contribution in [0.25, 0.3) is 0 Å². The molecule has 0 unspecified atom stereocenters. The van der Waals surface area contributed by atoms with Gasteiger partial charge < -0.3 is 39.6 Å². The third-order valence-corrected chi connectivity index (χ3v) is 7.10. The predicted molar refractivity (Wildman–Crippen MR) is 162 cm³/mol. The van der Waals surface area contributed by atoms with Gasteiger partial charge in [0, 0.05) is 33.2 Å². The van der Waals surface area contributed by atoms with Crippen LogP contribution >= 0.6 is 0 Å². The van der Waals surface area contributed by atoms with E-state index in [0.29, 0.717) is 50.6 Å². The van der Waals surface area contributed by atoms with E-state index in [-0.39, 0.29) is 30.8 Å². The molecule has 242 valence electrons. The van der Waals surface area contributed by atoms with Gasteiger partial charge in [0.25, 0.3) is 0 Å². The van der Waals surface area contributed by atoms with E-state index in [0.717, 1.165) is 12.0 Å². The van der Waals surface area contributed by atoms with E-state index in [1.807, 2.05) is 32.0 Å². The molecule has 42 heavy (non-hydrogen) atoms. The van der Waals surface area contributed by atoms with Gasteiger partial charge in [0.2, 0.25) is 0 Å². The smallest absolute Gasteiger partial charge is 0.407 e. The van der Waals surface area contributed by atoms with Gasteiger partial charge >= 0.3 is 12.1 Å². The minimum Gasteiger partial charge on any atom is -0.490 e. The van der Waals surface area contributed by atoms with Gasteiger partial charge in [-0.25, -0.2) is 4.79 Å². The summed E-state index contributed by atoms with van der Waals surface area (Å²) in [5, 5.41) is 32.9. The fourth-order valence-corrected chi connectivity index (χ4v) is 4.62. The van der Waals surface area contributed by atoms with Crippen molar-refractivity contribution >= 4 is 12.1 Å². The number of carboxylic acid groups (broad SMARTS) is 1. The Labute approximate surface area is 252 Å². The van der Waals surface area contributed by atoms with E-state index in [4.69, 9.17) is 24.1 Å². The van der Waals surface area contributed by atoms with Crippen molar-refractivity contribution in [3.63, 3.8) is 0 Å². The lowest BCUT2D eigenvalue weighted by Gasteiger charge is -2.32. The molecule has 0 aromatic heterocycles. The molecule has 4 atom stereocenters. The lowest BCUT2D eigenvalue weighted by molar-refractivity contribution is -0.144. The van der Waals surface area contributed by atoms with Crippen LogP contribution in [0.4, 0.5) is 4.79 Å². The number of hydrogen-bond acceptors (Lipinski definition) is 8. The first-order chi connectivity index (χ1) is 19.7. The van der Waals surface area contributed by atoms with Gasteiger partial charge in [-0.1, -0.05) is 33.8 Å². The molecule has 0 heterocycles. The van der Waals surface area contributed by atoms with Crippen LogP contribution < -0.4 is 14.8 Å². The molecule has 1 aromatic carbocycles. The fraction of sp³-hybridized carbons (Fsp3) is 0.750. The Balaban J connectivity index is 3.23. The van der Waals surface area contributed by atoms with Crippen molar-refractivity contribution in [2.75, 3.05) is 33.5 Å². The molecule has 1 amide bonds. The molecule has 10 nitrogen and oxygen atoms in total. The number of amides is 1. The van der Waals surface area contributed by atoms with E-state index in [2.05, 4.69) is 19.2 Å². The van der Waals surface area contributed by atoms with Crippen LogP contribution in [0.1, 0.15) is 79.7 Å². The third kappa shape index (κ3) is 14.6. The second-order valence-electron chi connectivity index (χ2n) is 12.6. The summed E-state index contributed by atoms with van der Waals surface area (Å²) in [4.78, 5) is 24.6. The first-order valence-electron chi connectivity index (χ1n) is 15.1. The number of carboxylic acids is 1. The molecule has 4 N–H and O–H groups in total. The third-order valence-electron chi connectivity index (χ3n) is 7.10. The van der Waals surface area contributed by atoms with Gasteiger partial charge in [-0.2, -0.15) is 0 Å². The molecule has 1 aromatic rings. The number of carbonyl (C=O) groups excluding carboxylic acids is 1. The minimum atomic E-state index is -1.08. The number of benzene rings is 1. The number of alkyl carbamates (subject to hydrolysis) is 1. The maximum Gasteiger partial charge on any atom is 0.407 e. The Morgan fingerprint density at radius 1 is 0.929 bits per heavy atom. The SMILES string of the molecule is COCCCOc1cc(C[C@@H](C[C@H](NC(=O)OC(C)(C)C)[C@@H](O)C[C@H](C(=O)O)C(C)C)C(C)C)ccc1OCCCO. The number of methoxy groups -OCH3 is 1. The zero-order chi connectivity index (χ0) is 31.9. The molecule has 0 saturated heterocycles. The lowest BCUT2D eigenvalue weighted by Crippen LogP contribution is -2.48. The maximum atomic E-state index is 12.8. The van der Waals surface area contributed by atoms with E-state index < -0.39 is 35.7 Å². The molecule has 0 saturated carbocycles. The number of aliphatic hydroxyl groups excluding tert-OH is 2. The highest BCUT2D eigenvalue weighted by Gasteiger charge is 2.33. The lowest BCUT2D eigenvalue weighted by atomic mass is 9.80. The molecular weight excluding hydrogens is 542 g/mol. The van der Waals surface area contributed by atoms with E-state index in [1.165, 1.54) is 0 Å². The van der Waals surface area contributed by atoms with Crippen LogP contribution in [-0.2, 0) is 20.7 Å². The van der Waals surface area contributed by atoms with Crippen LogP contribution in [0.5, 0.6) is 11.5 Å². The van der Waals surface area contributed by atoms with Crippen molar-refractivity contribution in [2.45, 2.75) is 98.3 Å². The topological polar surface area (TPSA) is 144 Å². The Hall–Kier alpha value is -2.56. The number of aliphatic carboxylic acids is 1. The van der Waals surface area contributed by atoms with Crippen molar-refractivity contribution in [1.29, 1.82) is 0 Å². The largest absolute Gasteiger partial charge is 0.490 e. The van der Waals surface area contributed by atoms with Crippen molar-refractivity contribution in [2.24, 2.45) is 23.7 Å². The van der Waals surface area contributed by atoms with Crippen molar-refractivity contribution < 1.29 is 43.9 Å². The summed E-state index contributed by atoms with van der Waals surface area (Å²) in [6.45, 7) is 14.5. The standard InChI is InChI=1S/C32H55NO9/c1-21(2)24(17-23-11-12-28(40-15-9-13-34)29(18-23)41-16-10-14-39-8)19-26(33-31(38)42-32(5,6)7)27(35)20-25(22(3)4)30(36)37/h11-12,18,21-22,24-27,34-35H,9-10,13-17,19-20H2,1-8H3,(H,33,38)(H,36,37)/t24-,25-,26-,27-/m0/s1. The Kier molecular flexibility index (Phi) is 16.8. The van der Waals surface area contributed by atoms with Gasteiger partial charge in [-0.3, -0.25) is 4.79 Å². The number of hydrogen-bond donors (Lipinski definition) is 4. The predicted octanol–water partition coefficient (Wildman–Crippen LogP) is 5.07. The normalized spacial score (nSPS) is 14.8. The summed E-state index contributed by atoms with van der Waals surface area (Å²) in [7, 11) is 1.64. The van der Waals surface area contributed by atoms with Crippen molar-refractivity contribution in [1.82, 2.24) is 5.32 Å². The maximum absolute atomic E-state index is 12.8. The number of aliphatic hydroxyl groups is 2. The highest BCUT2D eigenvalue weighted by Crippen LogP contribution is 2.32. The number of nitrogens with one attached hydrogen (secondary N) is 1. The second kappa shape index (κ2) is 18.9. The van der Waals surface area contributed by atoms with Gasteiger partial charge in [0.15, 0.2) is 11.5 Å². The van der Waals surface area contributed by atoms with Gasteiger partial charge in [-0.15, -0.1) is 0 Å². The molecule has 0 aliphatic carbocycles. The van der Waals surface area contributed by atoms with Crippen LogP contribution in [0.2, 0.25) is 0 Å². The molecule has 0 aliphatic heterocycles. The summed E-state index contributed by atoms with van der Waals surface area (Å²) in [6, 6.07) is 5.07. The zero-order valence-electron chi connectivity index (χ0n) is 26.9. The first-order valence-corrected chi connectivity index (χ1v) is 15.1. The van der Waals surface area contributed by atoms with Crippen LogP contribution in [0.3, 0.4) is 0 Å². The minimum absolute atomic E-state index is 0.0115. The molecule has 0 fully saturated rings. The highest BCUT2D eigenvalue weighted by molar-refractivity contribution is 5.70. The summed E-state index contributed by atoms with van der Waals surface area (Å²) in [5.41, 5.74) is 0.278. The molecule has 0 bridgehead atoms. The fourth-order valence-electron chi connectivity index (χ4n) is 4.62. The molecular formula is C32H55NO9. The molecule has 1 rings (SSSR count). The summed E-state index contributed by atoms with van der Waals surface area (Å²) < 4.78 is 22.5. The second-order valence-corrected chi connectivity index (χ2v) is 12.6. The quantitative estimate of drug-likeness (QED) is 0.151. The molecule has 0 aliphatic rings. The summed E-state index contributed by atoms with van der Waals surface area (Å²) in [6.07, 6.45) is 0.558. The summed E-state index contributed by atoms with van der Waals surface area (Å²) >= 11 is 0. The van der Waals surface area contributed by atoms with Crippen LogP contribution in [0.15, 0.2) is 18.2 Å². The van der Waals surface area contributed by atoms with Crippen LogP contribution in [-0.4, -0.2) is 78.7 Å². The number of rotatable bonds is 20. The van der Waals surface area contributed by atoms with Gasteiger partial charge in [0.1, 0.15) is 5.60 Å². The highest BCUT2D eigenvalue weighted by atomic mass is 16.6. The summed E-state index contributed by atoms with van der Waals surface area (Å²) in [5.74, 6) is -0.485. The zero-order valence-corrected chi connectivity index (χ0v) is 26.9. The van der Waals surface area contributed by atoms with Gasteiger partial charge in [-0.05, 0) is 75.5 Å². The Bertz CT molecular complexity index is 929. The van der Waals surface area contributed by atoms with Gasteiger partial charge in [0.05, 0.1) is 31.3 Å². The van der Waals surface area contributed by atoms with E-state index in [1.54, 1.807) is 27.9 Å². The van der Waals surface area contributed by atoms with Crippen molar-refractivity contribution in [3.05, 3.63) is 23.8 Å². The first kappa shape index (κ1) is 37.5. The van der Waals surface area contributed by atoms with Crippen LogP contribution in [0, 0.1) is 23.7 Å². The molecule has 0 radical (unpaired) electrons. The van der Waals surface area contributed by atoms with Crippen molar-refractivity contribution in [3.8, 4) is 11.5 Å². The number of ether oxygens (including phenoxy) is 4.